The van der Waals surface area contributed by atoms with Gasteiger partial charge in [-0.25, -0.2) is 4.79 Å². The van der Waals surface area contributed by atoms with Crippen LogP contribution in [0.5, 0.6) is 0 Å². The summed E-state index contributed by atoms with van der Waals surface area (Å²) in [5.41, 5.74) is 3.47. The van der Waals surface area contributed by atoms with E-state index in [1.165, 1.54) is 0 Å². The van der Waals surface area contributed by atoms with Crippen molar-refractivity contribution in [2.24, 2.45) is 7.05 Å². The van der Waals surface area contributed by atoms with Gasteiger partial charge in [0.25, 0.3) is 0 Å². The van der Waals surface area contributed by atoms with Crippen molar-refractivity contribution in [1.29, 1.82) is 0 Å². The van der Waals surface area contributed by atoms with Crippen LogP contribution in [0, 0.1) is 0 Å². The van der Waals surface area contributed by atoms with E-state index in [0.29, 0.717) is 13.1 Å². The highest BCUT2D eigenvalue weighted by Gasteiger charge is 2.12. The first-order chi connectivity index (χ1) is 12.6. The summed E-state index contributed by atoms with van der Waals surface area (Å²) in [6.45, 7) is 3.96. The molecule has 1 heterocycles. The zero-order chi connectivity index (χ0) is 18.5. The summed E-state index contributed by atoms with van der Waals surface area (Å²) in [7, 11) is 1.75. The van der Waals surface area contributed by atoms with E-state index in [1.807, 2.05) is 55.5 Å². The molecular formula is C20H24N4O2. The first-order valence-electron chi connectivity index (χ1n) is 8.84. The van der Waals surface area contributed by atoms with Crippen molar-refractivity contribution in [2.45, 2.75) is 26.4 Å². The number of hydrogen-bond acceptors (Lipinski definition) is 3. The first kappa shape index (κ1) is 17.9. The standard InChI is InChI=1S/C20H24N4O2/c1-3-21-14-15-8-4-5-9-16(15)22-19(25)12-13-24-18-11-7-6-10-17(18)23(2)20(24)26/h4-11,21H,3,12-14H2,1-2H3,(H,22,25). The van der Waals surface area contributed by atoms with Gasteiger partial charge >= 0.3 is 5.69 Å². The lowest BCUT2D eigenvalue weighted by Crippen LogP contribution is -2.25. The lowest BCUT2D eigenvalue weighted by molar-refractivity contribution is -0.116. The summed E-state index contributed by atoms with van der Waals surface area (Å²) in [6.07, 6.45) is 0.240. The Balaban J connectivity index is 1.71. The van der Waals surface area contributed by atoms with Gasteiger partial charge in [-0.05, 0) is 30.3 Å². The van der Waals surface area contributed by atoms with Gasteiger partial charge < -0.3 is 10.6 Å². The highest BCUT2D eigenvalue weighted by molar-refractivity contribution is 5.91. The molecule has 0 spiro atoms. The molecule has 1 amide bonds. The minimum atomic E-state index is -0.105. The summed E-state index contributed by atoms with van der Waals surface area (Å²) in [5.74, 6) is -0.103. The van der Waals surface area contributed by atoms with Crippen molar-refractivity contribution in [3.05, 3.63) is 64.6 Å². The number of aryl methyl sites for hydroxylation is 2. The quantitative estimate of drug-likeness (QED) is 0.686. The minimum Gasteiger partial charge on any atom is -0.326 e. The van der Waals surface area contributed by atoms with Gasteiger partial charge in [-0.2, -0.15) is 0 Å². The van der Waals surface area contributed by atoms with Crippen molar-refractivity contribution in [3.63, 3.8) is 0 Å². The number of anilines is 1. The predicted molar refractivity (Wildman–Crippen MR) is 104 cm³/mol. The Morgan fingerprint density at radius 2 is 1.73 bits per heavy atom. The van der Waals surface area contributed by atoms with Gasteiger partial charge in [-0.15, -0.1) is 0 Å². The first-order valence-corrected chi connectivity index (χ1v) is 8.84. The van der Waals surface area contributed by atoms with Gasteiger partial charge in [0, 0.05) is 32.2 Å². The molecule has 3 rings (SSSR count). The molecule has 0 bridgehead atoms. The van der Waals surface area contributed by atoms with Crippen molar-refractivity contribution >= 4 is 22.6 Å². The lowest BCUT2D eigenvalue weighted by Gasteiger charge is -2.11. The molecule has 0 aliphatic carbocycles. The minimum absolute atomic E-state index is 0.103. The fourth-order valence-electron chi connectivity index (χ4n) is 3.06. The second kappa shape index (κ2) is 8.01. The van der Waals surface area contributed by atoms with Crippen LogP contribution in [-0.4, -0.2) is 21.6 Å². The molecule has 0 saturated heterocycles. The number of aromatic nitrogens is 2. The third-order valence-corrected chi connectivity index (χ3v) is 4.47. The fourth-order valence-corrected chi connectivity index (χ4v) is 3.06. The van der Waals surface area contributed by atoms with E-state index in [2.05, 4.69) is 10.6 Å². The van der Waals surface area contributed by atoms with Crippen molar-refractivity contribution in [1.82, 2.24) is 14.5 Å². The Morgan fingerprint density at radius 1 is 1.04 bits per heavy atom. The van der Waals surface area contributed by atoms with Crippen LogP contribution in [0.1, 0.15) is 18.9 Å². The lowest BCUT2D eigenvalue weighted by atomic mass is 10.1. The molecular weight excluding hydrogens is 328 g/mol. The third kappa shape index (κ3) is 3.70. The molecule has 0 unspecified atom stereocenters. The Hall–Kier alpha value is -2.86. The molecule has 136 valence electrons. The van der Waals surface area contributed by atoms with Crippen LogP contribution in [0.25, 0.3) is 11.0 Å². The number of fused-ring (bicyclic) bond motifs is 1. The van der Waals surface area contributed by atoms with Crippen LogP contribution >= 0.6 is 0 Å². The highest BCUT2D eigenvalue weighted by Crippen LogP contribution is 2.16. The van der Waals surface area contributed by atoms with Crippen LogP contribution in [-0.2, 0) is 24.9 Å². The normalized spacial score (nSPS) is 11.0. The second-order valence-electron chi connectivity index (χ2n) is 6.22. The summed E-state index contributed by atoms with van der Waals surface area (Å²) < 4.78 is 3.26. The number of nitrogens with zero attached hydrogens (tertiary/aromatic N) is 2. The van der Waals surface area contributed by atoms with E-state index in [9.17, 15) is 9.59 Å². The molecule has 0 aliphatic rings. The molecule has 2 N–H and O–H groups in total. The maximum Gasteiger partial charge on any atom is 0.328 e. The van der Waals surface area contributed by atoms with Gasteiger partial charge in [-0.1, -0.05) is 37.3 Å². The SMILES string of the molecule is CCNCc1ccccc1NC(=O)CCn1c(=O)n(C)c2ccccc21. The van der Waals surface area contributed by atoms with E-state index < -0.39 is 0 Å². The average molecular weight is 352 g/mol. The molecule has 0 atom stereocenters. The largest absolute Gasteiger partial charge is 0.328 e. The van der Waals surface area contributed by atoms with Crippen LogP contribution in [0.15, 0.2) is 53.3 Å². The molecule has 0 aliphatic heterocycles. The number of amides is 1. The maximum atomic E-state index is 12.4. The average Bonchev–Trinajstić information content (AvgIpc) is 2.90. The Labute approximate surface area is 152 Å². The summed E-state index contributed by atoms with van der Waals surface area (Å²) >= 11 is 0. The van der Waals surface area contributed by atoms with Crippen LogP contribution in [0.3, 0.4) is 0 Å². The van der Waals surface area contributed by atoms with Crippen LogP contribution < -0.4 is 16.3 Å². The Bertz CT molecular complexity index is 971. The Kier molecular flexibility index (Phi) is 5.53. The summed E-state index contributed by atoms with van der Waals surface area (Å²) in [6, 6.07) is 15.4. The van der Waals surface area contributed by atoms with Crippen molar-refractivity contribution in [3.8, 4) is 0 Å². The summed E-state index contributed by atoms with van der Waals surface area (Å²) in [5, 5.41) is 6.23. The number of imidazole rings is 1. The number of benzene rings is 2. The maximum absolute atomic E-state index is 12.4. The van der Waals surface area contributed by atoms with Crippen LogP contribution in [0.4, 0.5) is 5.69 Å². The number of carbonyl (C=O) groups excluding carboxylic acids is 1. The molecule has 0 saturated carbocycles. The van der Waals surface area contributed by atoms with E-state index in [0.717, 1.165) is 28.8 Å². The van der Waals surface area contributed by atoms with Gasteiger partial charge in [0.05, 0.1) is 11.0 Å². The molecule has 6 nitrogen and oxygen atoms in total. The fraction of sp³-hybridized carbons (Fsp3) is 0.300. The van der Waals surface area contributed by atoms with E-state index in [-0.39, 0.29) is 18.0 Å². The Morgan fingerprint density at radius 3 is 2.50 bits per heavy atom. The number of rotatable bonds is 7. The van der Waals surface area contributed by atoms with Gasteiger partial charge in [0.2, 0.25) is 5.91 Å². The van der Waals surface area contributed by atoms with Gasteiger partial charge in [-0.3, -0.25) is 13.9 Å². The van der Waals surface area contributed by atoms with Crippen molar-refractivity contribution < 1.29 is 4.79 Å². The molecule has 1 aromatic heterocycles. The third-order valence-electron chi connectivity index (χ3n) is 4.47. The molecule has 2 aromatic carbocycles. The molecule has 26 heavy (non-hydrogen) atoms. The van der Waals surface area contributed by atoms with Crippen molar-refractivity contribution in [2.75, 3.05) is 11.9 Å². The zero-order valence-corrected chi connectivity index (χ0v) is 15.2. The molecule has 0 radical (unpaired) electrons. The molecule has 3 aromatic rings. The number of carbonyl (C=O) groups is 1. The number of para-hydroxylation sites is 3. The number of hydrogen-bond donors (Lipinski definition) is 2. The van der Waals surface area contributed by atoms with E-state index >= 15 is 0 Å². The topological polar surface area (TPSA) is 68.1 Å². The molecule has 6 heteroatoms. The van der Waals surface area contributed by atoms with Gasteiger partial charge in [0.1, 0.15) is 0 Å². The zero-order valence-electron chi connectivity index (χ0n) is 15.2. The smallest absolute Gasteiger partial charge is 0.326 e. The second-order valence-corrected chi connectivity index (χ2v) is 6.22. The van der Waals surface area contributed by atoms with E-state index in [1.54, 1.807) is 16.2 Å². The monoisotopic (exact) mass is 352 g/mol. The predicted octanol–water partition coefficient (Wildman–Crippen LogP) is 2.48. The van der Waals surface area contributed by atoms with Crippen LogP contribution in [0.2, 0.25) is 0 Å². The highest BCUT2D eigenvalue weighted by atomic mass is 16.2. The van der Waals surface area contributed by atoms with E-state index in [4.69, 9.17) is 0 Å². The summed E-state index contributed by atoms with van der Waals surface area (Å²) in [4.78, 5) is 24.8. The molecule has 0 fully saturated rings. The van der Waals surface area contributed by atoms with Gasteiger partial charge in [0.15, 0.2) is 0 Å². The number of nitrogens with one attached hydrogen (secondary N) is 2.